The third-order valence-corrected chi connectivity index (χ3v) is 6.18. The lowest BCUT2D eigenvalue weighted by Crippen LogP contribution is -2.46. The van der Waals surface area contributed by atoms with E-state index in [0.29, 0.717) is 6.04 Å². The van der Waals surface area contributed by atoms with Gasteiger partial charge in [-0.25, -0.2) is 0 Å². The minimum absolute atomic E-state index is 0.600. The fourth-order valence-electron chi connectivity index (χ4n) is 5.00. The molecule has 22 heavy (non-hydrogen) atoms. The van der Waals surface area contributed by atoms with Crippen molar-refractivity contribution in [2.24, 2.45) is 11.8 Å². The maximum Gasteiger partial charge on any atom is 0.161 e. The van der Waals surface area contributed by atoms with Gasteiger partial charge in [0.2, 0.25) is 0 Å². The normalized spacial score (nSPS) is 30.9. The predicted molar refractivity (Wildman–Crippen MR) is 87.6 cm³/mol. The molecule has 0 spiro atoms. The van der Waals surface area contributed by atoms with E-state index in [4.69, 9.17) is 9.47 Å². The maximum absolute atomic E-state index is 5.55. The van der Waals surface area contributed by atoms with E-state index in [0.717, 1.165) is 29.8 Å². The van der Waals surface area contributed by atoms with Crippen LogP contribution in [0.2, 0.25) is 0 Å². The van der Waals surface area contributed by atoms with Gasteiger partial charge in [-0.15, -0.1) is 0 Å². The van der Waals surface area contributed by atoms with E-state index in [9.17, 15) is 0 Å². The molecule has 0 unspecified atom stereocenters. The molecule has 0 amide bonds. The summed E-state index contributed by atoms with van der Waals surface area (Å²) in [6.45, 7) is 2.51. The molecule has 1 saturated carbocycles. The first-order chi connectivity index (χ1) is 10.8. The predicted octanol–water partition coefficient (Wildman–Crippen LogP) is 3.81. The summed E-state index contributed by atoms with van der Waals surface area (Å²) >= 11 is 0. The van der Waals surface area contributed by atoms with Gasteiger partial charge in [0, 0.05) is 19.1 Å². The molecule has 0 bridgehead atoms. The van der Waals surface area contributed by atoms with Crippen LogP contribution in [0.3, 0.4) is 0 Å². The summed E-state index contributed by atoms with van der Waals surface area (Å²) in [5.74, 6) is 3.65. The van der Waals surface area contributed by atoms with Crippen LogP contribution in [-0.2, 0) is 6.42 Å². The van der Waals surface area contributed by atoms with Crippen molar-refractivity contribution in [3.63, 3.8) is 0 Å². The van der Waals surface area contributed by atoms with Gasteiger partial charge in [0.1, 0.15) is 0 Å². The van der Waals surface area contributed by atoms with Crippen molar-refractivity contribution in [1.29, 1.82) is 0 Å². The van der Waals surface area contributed by atoms with Crippen LogP contribution in [0.4, 0.5) is 0 Å². The number of hydrogen-bond acceptors (Lipinski definition) is 3. The number of rotatable bonds is 2. The average Bonchev–Trinajstić information content (AvgIpc) is 2.58. The Hall–Kier alpha value is -1.22. The van der Waals surface area contributed by atoms with Crippen LogP contribution in [0.25, 0.3) is 0 Å². The Morgan fingerprint density at radius 1 is 1.00 bits per heavy atom. The Balaban J connectivity index is 1.67. The van der Waals surface area contributed by atoms with E-state index in [1.165, 1.54) is 56.3 Å². The molecule has 1 saturated heterocycles. The van der Waals surface area contributed by atoms with Crippen molar-refractivity contribution in [3.8, 4) is 11.5 Å². The summed E-state index contributed by atoms with van der Waals surface area (Å²) in [5, 5.41) is 0. The summed E-state index contributed by atoms with van der Waals surface area (Å²) in [4.78, 5) is 2.74. The monoisotopic (exact) mass is 301 g/mol. The summed E-state index contributed by atoms with van der Waals surface area (Å²) in [6.07, 6.45) is 8.26. The Labute approximate surface area is 133 Å². The lowest BCUT2D eigenvalue weighted by Gasteiger charge is -2.49. The zero-order valence-electron chi connectivity index (χ0n) is 13.8. The standard InChI is InChI=1S/C19H27NO2/c1-21-18-10-14-7-8-20-12-15-6-4-3-5-13(15)9-17(20)16(14)11-19(18)22-2/h10-11,13,15,17H,3-9,12H2,1-2H3/t13-,15-,17-/m1/s1. The third-order valence-electron chi connectivity index (χ3n) is 6.18. The molecule has 0 aromatic heterocycles. The van der Waals surface area contributed by atoms with Crippen molar-refractivity contribution >= 4 is 0 Å². The highest BCUT2D eigenvalue weighted by Crippen LogP contribution is 2.47. The van der Waals surface area contributed by atoms with E-state index >= 15 is 0 Å². The van der Waals surface area contributed by atoms with E-state index < -0.39 is 0 Å². The van der Waals surface area contributed by atoms with E-state index in [1.54, 1.807) is 14.2 Å². The van der Waals surface area contributed by atoms with E-state index in [-0.39, 0.29) is 0 Å². The highest BCUT2D eigenvalue weighted by Gasteiger charge is 2.39. The molecule has 3 atom stereocenters. The Morgan fingerprint density at radius 3 is 2.50 bits per heavy atom. The minimum Gasteiger partial charge on any atom is -0.493 e. The van der Waals surface area contributed by atoms with Crippen molar-refractivity contribution in [2.45, 2.75) is 44.6 Å². The highest BCUT2D eigenvalue weighted by atomic mass is 16.5. The van der Waals surface area contributed by atoms with Crippen molar-refractivity contribution in [3.05, 3.63) is 23.3 Å². The molecule has 3 nitrogen and oxygen atoms in total. The number of fused-ring (bicyclic) bond motifs is 4. The molecule has 1 aromatic rings. The average molecular weight is 301 g/mol. The first-order valence-electron chi connectivity index (χ1n) is 8.79. The van der Waals surface area contributed by atoms with Crippen molar-refractivity contribution in [1.82, 2.24) is 4.90 Å². The Kier molecular flexibility index (Phi) is 3.77. The minimum atomic E-state index is 0.600. The number of nitrogens with zero attached hydrogens (tertiary/aromatic N) is 1. The molecule has 3 aliphatic rings. The molecule has 1 aromatic carbocycles. The van der Waals surface area contributed by atoms with Gasteiger partial charge in [-0.2, -0.15) is 0 Å². The van der Waals surface area contributed by atoms with Crippen LogP contribution in [0.1, 0.15) is 49.3 Å². The molecular formula is C19H27NO2. The second-order valence-corrected chi connectivity index (χ2v) is 7.21. The Bertz CT molecular complexity index is 557. The van der Waals surface area contributed by atoms with Crippen LogP contribution in [-0.4, -0.2) is 32.2 Å². The molecule has 2 fully saturated rings. The molecule has 0 N–H and O–H groups in total. The van der Waals surface area contributed by atoms with Gasteiger partial charge < -0.3 is 9.47 Å². The number of benzene rings is 1. The number of hydrogen-bond donors (Lipinski definition) is 0. The second kappa shape index (κ2) is 5.77. The fourth-order valence-corrected chi connectivity index (χ4v) is 5.00. The fraction of sp³-hybridized carbons (Fsp3) is 0.684. The number of ether oxygens (including phenoxy) is 2. The molecule has 1 aliphatic carbocycles. The molecule has 2 heterocycles. The SMILES string of the molecule is COc1cc2c(cc1OC)[C@H]1C[C@H]3CCCC[C@@H]3CN1CC2. The van der Waals surface area contributed by atoms with E-state index in [1.807, 2.05) is 0 Å². The zero-order valence-corrected chi connectivity index (χ0v) is 13.8. The second-order valence-electron chi connectivity index (χ2n) is 7.21. The van der Waals surface area contributed by atoms with Gasteiger partial charge in [-0.05, 0) is 54.4 Å². The molecule has 0 radical (unpaired) electrons. The van der Waals surface area contributed by atoms with Gasteiger partial charge in [0.15, 0.2) is 11.5 Å². The lowest BCUT2D eigenvalue weighted by atomic mass is 9.70. The van der Waals surface area contributed by atoms with Crippen molar-refractivity contribution in [2.75, 3.05) is 27.3 Å². The number of piperidine rings is 1. The molecule has 3 heteroatoms. The maximum atomic E-state index is 5.55. The first kappa shape index (κ1) is 14.4. The zero-order chi connectivity index (χ0) is 15.1. The van der Waals surface area contributed by atoms with Gasteiger partial charge in [0.25, 0.3) is 0 Å². The molecule has 120 valence electrons. The van der Waals surface area contributed by atoms with Gasteiger partial charge in [-0.3, -0.25) is 4.90 Å². The largest absolute Gasteiger partial charge is 0.493 e. The van der Waals surface area contributed by atoms with Gasteiger partial charge in [-0.1, -0.05) is 19.3 Å². The number of methoxy groups -OCH3 is 2. The van der Waals surface area contributed by atoms with Crippen LogP contribution in [0.5, 0.6) is 11.5 Å². The van der Waals surface area contributed by atoms with Gasteiger partial charge >= 0.3 is 0 Å². The van der Waals surface area contributed by atoms with Crippen LogP contribution < -0.4 is 9.47 Å². The molecule has 4 rings (SSSR count). The third kappa shape index (κ3) is 2.30. The summed E-state index contributed by atoms with van der Waals surface area (Å²) in [5.41, 5.74) is 2.96. The Morgan fingerprint density at radius 2 is 1.73 bits per heavy atom. The van der Waals surface area contributed by atoms with E-state index in [2.05, 4.69) is 17.0 Å². The summed E-state index contributed by atoms with van der Waals surface area (Å²) in [6, 6.07) is 5.05. The quantitative estimate of drug-likeness (QED) is 0.829. The molecule has 2 aliphatic heterocycles. The smallest absolute Gasteiger partial charge is 0.161 e. The summed E-state index contributed by atoms with van der Waals surface area (Å²) < 4.78 is 11.0. The van der Waals surface area contributed by atoms with Crippen LogP contribution >= 0.6 is 0 Å². The van der Waals surface area contributed by atoms with Gasteiger partial charge in [0.05, 0.1) is 14.2 Å². The lowest BCUT2D eigenvalue weighted by molar-refractivity contribution is 0.0320. The highest BCUT2D eigenvalue weighted by molar-refractivity contribution is 5.49. The summed E-state index contributed by atoms with van der Waals surface area (Å²) in [7, 11) is 3.47. The first-order valence-corrected chi connectivity index (χ1v) is 8.79. The van der Waals surface area contributed by atoms with Crippen LogP contribution in [0.15, 0.2) is 12.1 Å². The van der Waals surface area contributed by atoms with Crippen molar-refractivity contribution < 1.29 is 9.47 Å². The van der Waals surface area contributed by atoms with Crippen LogP contribution in [0, 0.1) is 11.8 Å². The molecular weight excluding hydrogens is 274 g/mol. The topological polar surface area (TPSA) is 21.7 Å².